The van der Waals surface area contributed by atoms with E-state index in [1.54, 1.807) is 14.1 Å². The lowest BCUT2D eigenvalue weighted by Crippen LogP contribution is -2.27. The summed E-state index contributed by atoms with van der Waals surface area (Å²) in [4.78, 5) is 28.7. The predicted octanol–water partition coefficient (Wildman–Crippen LogP) is 3.55. The molecule has 6 rings (SSSR count). The van der Waals surface area contributed by atoms with Gasteiger partial charge in [0.15, 0.2) is 12.4 Å². The van der Waals surface area contributed by atoms with E-state index in [-0.39, 0.29) is 12.5 Å². The number of amides is 1. The van der Waals surface area contributed by atoms with Gasteiger partial charge < -0.3 is 24.1 Å². The zero-order valence-electron chi connectivity index (χ0n) is 19.6. The molecule has 1 atom stereocenters. The van der Waals surface area contributed by atoms with E-state index >= 15 is 0 Å². The largest absolute Gasteiger partial charge is 0.616 e. The van der Waals surface area contributed by atoms with Gasteiger partial charge in [-0.2, -0.15) is 0 Å². The van der Waals surface area contributed by atoms with E-state index in [1.165, 1.54) is 10.5 Å². The van der Waals surface area contributed by atoms with E-state index in [9.17, 15) is 9.35 Å². The summed E-state index contributed by atoms with van der Waals surface area (Å²) >= 11 is -0.987. The summed E-state index contributed by atoms with van der Waals surface area (Å²) in [6, 6.07) is 14.1. The van der Waals surface area contributed by atoms with Gasteiger partial charge >= 0.3 is 0 Å². The van der Waals surface area contributed by atoms with Crippen LogP contribution >= 0.6 is 0 Å². The fourth-order valence-electron chi connectivity index (χ4n) is 4.63. The van der Waals surface area contributed by atoms with Crippen LogP contribution < -0.4 is 9.64 Å². The van der Waals surface area contributed by atoms with Gasteiger partial charge in [-0.15, -0.1) is 0 Å². The second-order valence-electron chi connectivity index (χ2n) is 9.07. The summed E-state index contributed by atoms with van der Waals surface area (Å²) in [6.07, 6.45) is 2.79. The maximum absolute atomic E-state index is 12.5. The Hall–Kier alpha value is -3.56. The second-order valence-corrected chi connectivity index (χ2v) is 10.5. The molecule has 35 heavy (non-hydrogen) atoms. The summed E-state index contributed by atoms with van der Waals surface area (Å²) in [5, 5.41) is 1.13. The number of benzene rings is 2. The lowest BCUT2D eigenvalue weighted by Gasteiger charge is -2.22. The minimum Gasteiger partial charge on any atom is -0.616 e. The van der Waals surface area contributed by atoms with Crippen LogP contribution in [-0.2, 0) is 33.9 Å². The highest BCUT2D eigenvalue weighted by Crippen LogP contribution is 2.41. The Morgan fingerprint density at radius 1 is 1.17 bits per heavy atom. The van der Waals surface area contributed by atoms with Crippen molar-refractivity contribution < 1.29 is 14.1 Å². The number of rotatable bonds is 5. The summed E-state index contributed by atoms with van der Waals surface area (Å²) in [6.45, 7) is 0.750. The number of hydrogen-bond donors (Lipinski definition) is 1. The first-order chi connectivity index (χ1) is 17.0. The number of aromatic nitrogens is 3. The highest BCUT2D eigenvalue weighted by atomic mass is 32.2. The Morgan fingerprint density at radius 3 is 2.91 bits per heavy atom. The van der Waals surface area contributed by atoms with Crippen molar-refractivity contribution >= 4 is 39.5 Å². The molecule has 4 aromatic rings. The number of carbonyl (C=O) groups is 1. The summed E-state index contributed by atoms with van der Waals surface area (Å²) in [5.41, 5.74) is 5.95. The number of nitrogens with one attached hydrogen (secondary N) is 1. The van der Waals surface area contributed by atoms with Gasteiger partial charge in [-0.25, -0.2) is 9.97 Å². The maximum Gasteiger partial charge on any atom is 0.259 e. The van der Waals surface area contributed by atoms with E-state index in [0.717, 1.165) is 52.2 Å². The van der Waals surface area contributed by atoms with Crippen molar-refractivity contribution in [2.45, 2.75) is 17.9 Å². The first kappa shape index (κ1) is 21.9. The molecule has 0 spiro atoms. The molecule has 2 aliphatic heterocycles. The number of carbonyl (C=O) groups excluding carboxylic acids is 1. The van der Waals surface area contributed by atoms with Crippen molar-refractivity contribution in [3.8, 4) is 17.1 Å². The molecule has 2 aliphatic rings. The van der Waals surface area contributed by atoms with Gasteiger partial charge in [-0.3, -0.25) is 4.79 Å². The summed E-state index contributed by atoms with van der Waals surface area (Å²) < 4.78 is 18.3. The minimum atomic E-state index is -0.987. The molecule has 0 saturated heterocycles. The third kappa shape index (κ3) is 4.00. The van der Waals surface area contributed by atoms with Gasteiger partial charge in [0.2, 0.25) is 0 Å². The van der Waals surface area contributed by atoms with E-state index in [1.807, 2.05) is 36.5 Å². The lowest BCUT2D eigenvalue weighted by molar-refractivity contribution is -0.130. The van der Waals surface area contributed by atoms with Crippen LogP contribution in [0.4, 0.5) is 11.5 Å². The first-order valence-electron chi connectivity index (χ1n) is 11.5. The zero-order valence-corrected chi connectivity index (χ0v) is 20.4. The average Bonchev–Trinajstić information content (AvgIpc) is 3.58. The first-order valence-corrected chi connectivity index (χ1v) is 13.0. The molecule has 0 radical (unpaired) electrons. The van der Waals surface area contributed by atoms with Gasteiger partial charge in [-0.1, -0.05) is 18.2 Å². The van der Waals surface area contributed by atoms with Crippen molar-refractivity contribution in [2.75, 3.05) is 32.1 Å². The Labute approximate surface area is 206 Å². The quantitative estimate of drug-likeness (QED) is 0.433. The maximum atomic E-state index is 12.5. The molecule has 0 saturated carbocycles. The molecule has 0 fully saturated rings. The number of nitrogens with zero attached hydrogens (tertiary/aromatic N) is 4. The monoisotopic (exact) mass is 487 g/mol. The van der Waals surface area contributed by atoms with Crippen molar-refractivity contribution in [3.05, 3.63) is 65.5 Å². The standard InChI is InChI=1S/C26H25N5O3S/c1-30(2)24(32)13-34-19-6-5-17-8-10-31(23(17)12-19)26-20-14-35(33)15-22(20)28-25(29-26)18-4-3-16-7-9-27-21(16)11-18/h3-7,9,11-12,27H,8,10,13-15H2,1-2H3. The van der Waals surface area contributed by atoms with Crippen LogP contribution in [0.25, 0.3) is 22.3 Å². The van der Waals surface area contributed by atoms with Crippen LogP contribution in [0, 0.1) is 0 Å². The van der Waals surface area contributed by atoms with E-state index < -0.39 is 11.2 Å². The third-order valence-electron chi connectivity index (χ3n) is 6.56. The molecule has 2 aromatic heterocycles. The van der Waals surface area contributed by atoms with Gasteiger partial charge in [-0.05, 0) is 46.7 Å². The van der Waals surface area contributed by atoms with Crippen LogP contribution in [0.2, 0.25) is 0 Å². The second kappa shape index (κ2) is 8.58. The smallest absolute Gasteiger partial charge is 0.259 e. The Bertz CT molecular complexity index is 1450. The molecule has 1 unspecified atom stereocenters. The fraction of sp³-hybridized carbons (Fsp3) is 0.269. The molecule has 4 heterocycles. The topological polar surface area (TPSA) is 97.4 Å². The number of H-pyrrole nitrogens is 1. The van der Waals surface area contributed by atoms with Gasteiger partial charge in [0.05, 0.1) is 5.56 Å². The number of ether oxygens (including phenoxy) is 1. The molecular weight excluding hydrogens is 462 g/mol. The van der Waals surface area contributed by atoms with Gasteiger partial charge in [0.1, 0.15) is 28.8 Å². The molecular formula is C26H25N5O3S. The van der Waals surface area contributed by atoms with Crippen molar-refractivity contribution in [1.82, 2.24) is 19.9 Å². The Kier molecular flexibility index (Phi) is 5.38. The number of hydrogen-bond acceptors (Lipinski definition) is 6. The van der Waals surface area contributed by atoms with E-state index in [4.69, 9.17) is 14.7 Å². The van der Waals surface area contributed by atoms with Gasteiger partial charge in [0.25, 0.3) is 5.91 Å². The molecule has 9 heteroatoms. The molecule has 1 amide bonds. The van der Waals surface area contributed by atoms with Crippen LogP contribution in [0.15, 0.2) is 48.7 Å². The molecule has 178 valence electrons. The number of likely N-dealkylation sites (N-methyl/N-ethyl adjacent to an activating group) is 1. The fourth-order valence-corrected chi connectivity index (χ4v) is 5.89. The van der Waals surface area contributed by atoms with Crippen molar-refractivity contribution in [3.63, 3.8) is 0 Å². The van der Waals surface area contributed by atoms with Crippen molar-refractivity contribution in [2.24, 2.45) is 0 Å². The molecule has 1 N–H and O–H groups in total. The van der Waals surface area contributed by atoms with Crippen molar-refractivity contribution in [1.29, 1.82) is 0 Å². The van der Waals surface area contributed by atoms with E-state index in [0.29, 0.717) is 23.1 Å². The third-order valence-corrected chi connectivity index (χ3v) is 7.76. The van der Waals surface area contributed by atoms with Crippen LogP contribution in [0.3, 0.4) is 0 Å². The highest BCUT2D eigenvalue weighted by molar-refractivity contribution is 7.90. The average molecular weight is 488 g/mol. The predicted molar refractivity (Wildman–Crippen MR) is 136 cm³/mol. The molecule has 2 aromatic carbocycles. The lowest BCUT2D eigenvalue weighted by atomic mass is 10.1. The number of aromatic amines is 1. The van der Waals surface area contributed by atoms with Crippen LogP contribution in [0.1, 0.15) is 16.8 Å². The normalized spacial score (nSPS) is 16.4. The molecule has 8 nitrogen and oxygen atoms in total. The van der Waals surface area contributed by atoms with Gasteiger partial charge in [0, 0.05) is 49.7 Å². The molecule has 0 aliphatic carbocycles. The minimum absolute atomic E-state index is 0.0148. The molecule has 0 bridgehead atoms. The van der Waals surface area contributed by atoms with Crippen LogP contribution in [0.5, 0.6) is 5.75 Å². The number of anilines is 2. The zero-order chi connectivity index (χ0) is 24.1. The Morgan fingerprint density at radius 2 is 2.06 bits per heavy atom. The highest BCUT2D eigenvalue weighted by Gasteiger charge is 2.33. The summed E-state index contributed by atoms with van der Waals surface area (Å²) in [7, 11) is 3.42. The number of fused-ring (bicyclic) bond motifs is 3. The summed E-state index contributed by atoms with van der Waals surface area (Å²) in [5.74, 6) is 2.88. The van der Waals surface area contributed by atoms with E-state index in [2.05, 4.69) is 22.0 Å². The SMILES string of the molecule is CN(C)C(=O)COc1ccc2c(c1)N(c1nc(-c3ccc4cc[nH]c4c3)nc3c1C[S+]([O-])C3)CC2. The van der Waals surface area contributed by atoms with Crippen LogP contribution in [-0.4, -0.2) is 57.6 Å². The Balaban J connectivity index is 1.39.